The van der Waals surface area contributed by atoms with Crippen molar-refractivity contribution < 1.29 is 14.6 Å². The van der Waals surface area contributed by atoms with Gasteiger partial charge in [0.25, 0.3) is 5.91 Å². The molecule has 1 fully saturated rings. The Bertz CT molecular complexity index is 678. The van der Waals surface area contributed by atoms with E-state index in [2.05, 4.69) is 4.98 Å². The summed E-state index contributed by atoms with van der Waals surface area (Å²) in [4.78, 5) is 19.1. The van der Waals surface area contributed by atoms with Crippen LogP contribution in [0.2, 0.25) is 0 Å². The maximum Gasteiger partial charge on any atom is 0.273 e. The summed E-state index contributed by atoms with van der Waals surface area (Å²) >= 11 is 1.47. The molecule has 3 rings (SSSR count). The van der Waals surface area contributed by atoms with E-state index in [1.165, 1.54) is 16.9 Å². The number of nitrogens with zero attached hydrogens (tertiary/aromatic N) is 2. The van der Waals surface area contributed by atoms with E-state index in [4.69, 9.17) is 4.74 Å². The number of benzene rings is 1. The summed E-state index contributed by atoms with van der Waals surface area (Å²) in [6, 6.07) is 8.23. The van der Waals surface area contributed by atoms with Crippen LogP contribution in [-0.2, 0) is 4.74 Å². The van der Waals surface area contributed by atoms with Crippen LogP contribution in [0.1, 0.15) is 28.9 Å². The lowest BCUT2D eigenvalue weighted by Gasteiger charge is -2.33. The third-order valence-corrected chi connectivity index (χ3v) is 5.15. The van der Waals surface area contributed by atoms with Crippen LogP contribution >= 0.6 is 11.3 Å². The van der Waals surface area contributed by atoms with Gasteiger partial charge in [-0.05, 0) is 19.8 Å². The molecular formula is C18H22N2O3S. The summed E-state index contributed by atoms with van der Waals surface area (Å²) < 4.78 is 5.37. The Morgan fingerprint density at radius 2 is 2.04 bits per heavy atom. The standard InChI is InChI=1S/C18H22N2O3S/c1-13-2-4-14(5-3-13)17-19-16(12-24-17)18(22)20(8-9-21)15-6-10-23-11-7-15/h2-5,12,15,21H,6-11H2,1H3. The van der Waals surface area contributed by atoms with Gasteiger partial charge < -0.3 is 14.7 Å². The van der Waals surface area contributed by atoms with Crippen LogP contribution in [-0.4, -0.2) is 53.3 Å². The number of hydrogen-bond donors (Lipinski definition) is 1. The van der Waals surface area contributed by atoms with Gasteiger partial charge in [0.1, 0.15) is 10.7 Å². The van der Waals surface area contributed by atoms with Gasteiger partial charge in [0.2, 0.25) is 0 Å². The van der Waals surface area contributed by atoms with Crippen LogP contribution in [0, 0.1) is 6.92 Å². The first kappa shape index (κ1) is 17.1. The van der Waals surface area contributed by atoms with Gasteiger partial charge in [-0.25, -0.2) is 4.98 Å². The molecule has 1 amide bonds. The summed E-state index contributed by atoms with van der Waals surface area (Å²) in [5.41, 5.74) is 2.67. The smallest absolute Gasteiger partial charge is 0.273 e. The van der Waals surface area contributed by atoms with Crippen molar-refractivity contribution in [3.63, 3.8) is 0 Å². The van der Waals surface area contributed by atoms with Crippen molar-refractivity contribution in [2.45, 2.75) is 25.8 Å². The van der Waals surface area contributed by atoms with Gasteiger partial charge in [0.05, 0.1) is 6.61 Å². The minimum atomic E-state index is -0.106. The first-order chi connectivity index (χ1) is 11.7. The zero-order valence-corrected chi connectivity index (χ0v) is 14.6. The fraction of sp³-hybridized carbons (Fsp3) is 0.444. The molecule has 0 bridgehead atoms. The minimum Gasteiger partial charge on any atom is -0.395 e. The van der Waals surface area contributed by atoms with E-state index in [1.54, 1.807) is 10.3 Å². The molecule has 5 nitrogen and oxygen atoms in total. The third-order valence-electron chi connectivity index (χ3n) is 4.26. The van der Waals surface area contributed by atoms with E-state index in [0.717, 1.165) is 23.4 Å². The molecule has 0 unspecified atom stereocenters. The highest BCUT2D eigenvalue weighted by atomic mass is 32.1. The highest BCUT2D eigenvalue weighted by Gasteiger charge is 2.27. The number of carbonyl (C=O) groups excluding carboxylic acids is 1. The molecular weight excluding hydrogens is 324 g/mol. The molecule has 2 aromatic rings. The van der Waals surface area contributed by atoms with Gasteiger partial charge in [-0.3, -0.25) is 4.79 Å². The quantitative estimate of drug-likeness (QED) is 0.904. The molecule has 2 heterocycles. The molecule has 0 aliphatic carbocycles. The average Bonchev–Trinajstić information content (AvgIpc) is 3.10. The van der Waals surface area contributed by atoms with Crippen molar-refractivity contribution in [1.29, 1.82) is 0 Å². The SMILES string of the molecule is Cc1ccc(-c2nc(C(=O)N(CCO)C3CCOCC3)cs2)cc1. The Kier molecular flexibility index (Phi) is 5.60. The van der Waals surface area contributed by atoms with Crippen LogP contribution in [0.25, 0.3) is 10.6 Å². The Morgan fingerprint density at radius 1 is 1.33 bits per heavy atom. The van der Waals surface area contributed by atoms with Crippen LogP contribution in [0.4, 0.5) is 0 Å². The molecule has 1 saturated heterocycles. The Morgan fingerprint density at radius 3 is 2.71 bits per heavy atom. The van der Waals surface area contributed by atoms with Gasteiger partial charge in [-0.2, -0.15) is 0 Å². The maximum absolute atomic E-state index is 12.9. The fourth-order valence-corrected chi connectivity index (χ4v) is 3.70. The maximum atomic E-state index is 12.9. The highest BCUT2D eigenvalue weighted by Crippen LogP contribution is 2.25. The lowest BCUT2D eigenvalue weighted by Crippen LogP contribution is -2.45. The number of carbonyl (C=O) groups is 1. The van der Waals surface area contributed by atoms with E-state index >= 15 is 0 Å². The number of aliphatic hydroxyl groups is 1. The van der Waals surface area contributed by atoms with E-state index in [1.807, 2.05) is 31.2 Å². The highest BCUT2D eigenvalue weighted by molar-refractivity contribution is 7.13. The average molecular weight is 346 g/mol. The first-order valence-corrected chi connectivity index (χ1v) is 9.09. The van der Waals surface area contributed by atoms with E-state index < -0.39 is 0 Å². The summed E-state index contributed by atoms with van der Waals surface area (Å²) in [6.07, 6.45) is 1.61. The number of aryl methyl sites for hydroxylation is 1. The number of ether oxygens (including phenoxy) is 1. The largest absolute Gasteiger partial charge is 0.395 e. The van der Waals surface area contributed by atoms with E-state index in [9.17, 15) is 9.90 Å². The molecule has 0 radical (unpaired) electrons. The van der Waals surface area contributed by atoms with Crippen LogP contribution in [0.3, 0.4) is 0 Å². The normalized spacial score (nSPS) is 15.4. The Balaban J connectivity index is 1.78. The zero-order valence-electron chi connectivity index (χ0n) is 13.8. The van der Waals surface area contributed by atoms with Crippen molar-refractivity contribution >= 4 is 17.2 Å². The molecule has 0 spiro atoms. The van der Waals surface area contributed by atoms with E-state index in [0.29, 0.717) is 25.5 Å². The second kappa shape index (κ2) is 7.88. The van der Waals surface area contributed by atoms with Crippen molar-refractivity contribution in [2.24, 2.45) is 0 Å². The van der Waals surface area contributed by atoms with Gasteiger partial charge in [-0.1, -0.05) is 29.8 Å². The summed E-state index contributed by atoms with van der Waals surface area (Å²) in [5, 5.41) is 12.0. The molecule has 24 heavy (non-hydrogen) atoms. The van der Waals surface area contributed by atoms with Crippen LogP contribution in [0.5, 0.6) is 0 Å². The molecule has 128 valence electrons. The fourth-order valence-electron chi connectivity index (χ4n) is 2.90. The molecule has 1 aromatic carbocycles. The number of aliphatic hydroxyl groups excluding tert-OH is 1. The van der Waals surface area contributed by atoms with Gasteiger partial charge in [0, 0.05) is 36.7 Å². The van der Waals surface area contributed by atoms with Gasteiger partial charge >= 0.3 is 0 Å². The third kappa shape index (κ3) is 3.83. The van der Waals surface area contributed by atoms with Crippen LogP contribution in [0.15, 0.2) is 29.6 Å². The zero-order chi connectivity index (χ0) is 16.9. The van der Waals surface area contributed by atoms with Crippen molar-refractivity contribution in [3.05, 3.63) is 40.9 Å². The molecule has 0 saturated carbocycles. The Hall–Kier alpha value is -1.76. The number of aromatic nitrogens is 1. The van der Waals surface area contributed by atoms with Gasteiger partial charge in [0.15, 0.2) is 0 Å². The first-order valence-electron chi connectivity index (χ1n) is 8.21. The predicted molar refractivity (Wildman–Crippen MR) is 94.3 cm³/mol. The van der Waals surface area contributed by atoms with Gasteiger partial charge in [-0.15, -0.1) is 11.3 Å². The van der Waals surface area contributed by atoms with Crippen molar-refractivity contribution in [1.82, 2.24) is 9.88 Å². The molecule has 0 atom stereocenters. The van der Waals surface area contributed by atoms with Crippen molar-refractivity contribution in [3.8, 4) is 10.6 Å². The lowest BCUT2D eigenvalue weighted by atomic mass is 10.1. The second-order valence-electron chi connectivity index (χ2n) is 5.97. The topological polar surface area (TPSA) is 62.7 Å². The van der Waals surface area contributed by atoms with Crippen molar-refractivity contribution in [2.75, 3.05) is 26.4 Å². The monoisotopic (exact) mass is 346 g/mol. The minimum absolute atomic E-state index is 0.0436. The van der Waals surface area contributed by atoms with E-state index in [-0.39, 0.29) is 18.6 Å². The number of hydrogen-bond acceptors (Lipinski definition) is 5. The van der Waals surface area contributed by atoms with Crippen LogP contribution < -0.4 is 0 Å². The second-order valence-corrected chi connectivity index (χ2v) is 6.83. The number of rotatable bonds is 5. The number of thiazole rings is 1. The predicted octanol–water partition coefficient (Wildman–Crippen LogP) is 2.73. The molecule has 1 aliphatic heterocycles. The molecule has 1 aromatic heterocycles. The molecule has 1 aliphatic rings. The number of amides is 1. The molecule has 6 heteroatoms. The summed E-state index contributed by atoms with van der Waals surface area (Å²) in [5.74, 6) is -0.106. The molecule has 1 N–H and O–H groups in total. The Labute approximate surface area is 145 Å². The summed E-state index contributed by atoms with van der Waals surface area (Å²) in [7, 11) is 0. The summed E-state index contributed by atoms with van der Waals surface area (Å²) in [6.45, 7) is 3.65. The lowest BCUT2D eigenvalue weighted by molar-refractivity contribution is 0.0243.